The van der Waals surface area contributed by atoms with Crippen LogP contribution in [0, 0.1) is 5.92 Å². The molecule has 2 aromatic rings. The van der Waals surface area contributed by atoms with Crippen molar-refractivity contribution < 1.29 is 9.47 Å². The molecule has 23 heavy (non-hydrogen) atoms. The highest BCUT2D eigenvalue weighted by Crippen LogP contribution is 2.26. The van der Waals surface area contributed by atoms with E-state index in [1.165, 1.54) is 18.4 Å². The average Bonchev–Trinajstić information content (AvgIpc) is 2.59. The molecule has 0 saturated carbocycles. The summed E-state index contributed by atoms with van der Waals surface area (Å²) in [5.74, 6) is 3.31. The van der Waals surface area contributed by atoms with E-state index < -0.39 is 0 Å². The fourth-order valence-electron chi connectivity index (χ4n) is 2.59. The summed E-state index contributed by atoms with van der Waals surface area (Å²) in [5, 5.41) is 0. The first kappa shape index (κ1) is 17.4. The lowest BCUT2D eigenvalue weighted by Crippen LogP contribution is -2.01. The van der Waals surface area contributed by atoms with Crippen molar-refractivity contribution in [2.24, 2.45) is 5.92 Å². The van der Waals surface area contributed by atoms with Gasteiger partial charge >= 0.3 is 0 Å². The van der Waals surface area contributed by atoms with Gasteiger partial charge in [0.2, 0.25) is 0 Å². The van der Waals surface area contributed by atoms with Gasteiger partial charge in [0.25, 0.3) is 0 Å². The fraction of sp³-hybridized carbons (Fsp3) is 0.429. The van der Waals surface area contributed by atoms with E-state index in [-0.39, 0.29) is 0 Å². The number of hydrogen-bond donors (Lipinski definition) is 0. The molecule has 0 unspecified atom stereocenters. The molecule has 0 aliphatic heterocycles. The van der Waals surface area contributed by atoms with Crippen molar-refractivity contribution in [1.82, 2.24) is 0 Å². The van der Waals surface area contributed by atoms with Gasteiger partial charge in [0.15, 0.2) is 0 Å². The summed E-state index contributed by atoms with van der Waals surface area (Å²) < 4.78 is 11.6. The quantitative estimate of drug-likeness (QED) is 0.545. The van der Waals surface area contributed by atoms with Gasteiger partial charge in [-0.15, -0.1) is 0 Å². The molecule has 0 atom stereocenters. The molecule has 2 heteroatoms. The number of rotatable bonds is 9. The van der Waals surface area contributed by atoms with Crippen LogP contribution >= 0.6 is 0 Å². The summed E-state index contributed by atoms with van der Waals surface area (Å²) in [6, 6.07) is 16.3. The van der Waals surface area contributed by atoms with E-state index in [0.29, 0.717) is 0 Å². The minimum absolute atomic E-state index is 0.730. The Morgan fingerprint density at radius 1 is 0.826 bits per heavy atom. The maximum atomic E-state index is 5.93. The Morgan fingerprint density at radius 3 is 2.17 bits per heavy atom. The molecule has 124 valence electrons. The molecule has 0 fully saturated rings. The van der Waals surface area contributed by atoms with Gasteiger partial charge in [-0.2, -0.15) is 0 Å². The molecule has 2 nitrogen and oxygen atoms in total. The summed E-state index contributed by atoms with van der Waals surface area (Å²) in [4.78, 5) is 0. The molecule has 2 aromatic carbocycles. The van der Waals surface area contributed by atoms with Crippen LogP contribution < -0.4 is 9.47 Å². The standard InChI is InChI=1S/C21H28O2/c1-4-14-22-20-8-7-9-21(16-20)23-19-12-10-18(11-13-19)15-17(5-2)6-3/h7-13,16-17H,4-6,14-15H2,1-3H3. The van der Waals surface area contributed by atoms with E-state index in [2.05, 4.69) is 45.0 Å². The van der Waals surface area contributed by atoms with Crippen LogP contribution in [0.4, 0.5) is 0 Å². The van der Waals surface area contributed by atoms with Crippen LogP contribution in [0.5, 0.6) is 17.2 Å². The minimum Gasteiger partial charge on any atom is -0.493 e. The summed E-state index contributed by atoms with van der Waals surface area (Å²) in [5.41, 5.74) is 1.38. The largest absolute Gasteiger partial charge is 0.493 e. The molecular formula is C21H28O2. The molecular weight excluding hydrogens is 284 g/mol. The van der Waals surface area contributed by atoms with Crippen molar-refractivity contribution in [3.63, 3.8) is 0 Å². The summed E-state index contributed by atoms with van der Waals surface area (Å²) >= 11 is 0. The van der Waals surface area contributed by atoms with E-state index in [0.717, 1.165) is 42.6 Å². The van der Waals surface area contributed by atoms with Crippen molar-refractivity contribution in [3.05, 3.63) is 54.1 Å². The van der Waals surface area contributed by atoms with Crippen molar-refractivity contribution >= 4 is 0 Å². The molecule has 2 rings (SSSR count). The Hall–Kier alpha value is -1.96. The predicted molar refractivity (Wildman–Crippen MR) is 96.5 cm³/mol. The zero-order valence-corrected chi connectivity index (χ0v) is 14.5. The highest BCUT2D eigenvalue weighted by Gasteiger charge is 2.05. The van der Waals surface area contributed by atoms with Crippen LogP contribution in [0.15, 0.2) is 48.5 Å². The molecule has 0 amide bonds. The third-order valence-electron chi connectivity index (χ3n) is 4.12. The van der Waals surface area contributed by atoms with Gasteiger partial charge in [-0.1, -0.05) is 51.8 Å². The fourth-order valence-corrected chi connectivity index (χ4v) is 2.59. The van der Waals surface area contributed by atoms with E-state index in [1.807, 2.05) is 24.3 Å². The first-order valence-electron chi connectivity index (χ1n) is 8.74. The molecule has 0 N–H and O–H groups in total. The molecule has 0 aromatic heterocycles. The minimum atomic E-state index is 0.730. The first-order valence-corrected chi connectivity index (χ1v) is 8.74. The summed E-state index contributed by atoms with van der Waals surface area (Å²) in [7, 11) is 0. The van der Waals surface area contributed by atoms with Gasteiger partial charge in [-0.3, -0.25) is 0 Å². The van der Waals surface area contributed by atoms with Crippen LogP contribution in [0.25, 0.3) is 0 Å². The molecule has 0 radical (unpaired) electrons. The van der Waals surface area contributed by atoms with Crippen molar-refractivity contribution in [3.8, 4) is 17.2 Å². The Balaban J connectivity index is 1.97. The Bertz CT molecular complexity index is 571. The normalized spacial score (nSPS) is 10.8. The highest BCUT2D eigenvalue weighted by molar-refractivity contribution is 5.37. The summed E-state index contributed by atoms with van der Waals surface area (Å²) in [6.07, 6.45) is 4.62. The van der Waals surface area contributed by atoms with E-state index in [1.54, 1.807) is 0 Å². The van der Waals surface area contributed by atoms with Gasteiger partial charge in [-0.05, 0) is 48.6 Å². The number of benzene rings is 2. The molecule has 0 heterocycles. The lowest BCUT2D eigenvalue weighted by Gasteiger charge is -2.13. The summed E-state index contributed by atoms with van der Waals surface area (Å²) in [6.45, 7) is 7.36. The second-order valence-corrected chi connectivity index (χ2v) is 5.96. The SMILES string of the molecule is CCCOc1cccc(Oc2ccc(CC(CC)CC)cc2)c1. The van der Waals surface area contributed by atoms with Gasteiger partial charge < -0.3 is 9.47 Å². The highest BCUT2D eigenvalue weighted by atomic mass is 16.5. The van der Waals surface area contributed by atoms with Crippen molar-refractivity contribution in [1.29, 1.82) is 0 Å². The lowest BCUT2D eigenvalue weighted by molar-refractivity contribution is 0.316. The van der Waals surface area contributed by atoms with E-state index >= 15 is 0 Å². The van der Waals surface area contributed by atoms with E-state index in [4.69, 9.17) is 9.47 Å². The van der Waals surface area contributed by atoms with Crippen LogP contribution in [0.2, 0.25) is 0 Å². The van der Waals surface area contributed by atoms with Gasteiger partial charge in [0.1, 0.15) is 17.2 Å². The van der Waals surface area contributed by atoms with Crippen LogP contribution in [-0.2, 0) is 6.42 Å². The lowest BCUT2D eigenvalue weighted by atomic mass is 9.95. The van der Waals surface area contributed by atoms with Crippen LogP contribution in [-0.4, -0.2) is 6.61 Å². The van der Waals surface area contributed by atoms with Gasteiger partial charge in [0, 0.05) is 6.07 Å². The van der Waals surface area contributed by atoms with Crippen LogP contribution in [0.1, 0.15) is 45.6 Å². The molecule has 0 bridgehead atoms. The van der Waals surface area contributed by atoms with Crippen molar-refractivity contribution in [2.75, 3.05) is 6.61 Å². The van der Waals surface area contributed by atoms with E-state index in [9.17, 15) is 0 Å². The maximum absolute atomic E-state index is 5.93. The van der Waals surface area contributed by atoms with Gasteiger partial charge in [0.05, 0.1) is 6.61 Å². The zero-order valence-electron chi connectivity index (χ0n) is 14.5. The Labute approximate surface area is 140 Å². The third kappa shape index (κ3) is 5.63. The second-order valence-electron chi connectivity index (χ2n) is 5.96. The smallest absolute Gasteiger partial charge is 0.131 e. The predicted octanol–water partition coefficient (Wildman–Crippen LogP) is 6.25. The van der Waals surface area contributed by atoms with Crippen molar-refractivity contribution in [2.45, 2.75) is 46.5 Å². The molecule has 0 spiro atoms. The third-order valence-corrected chi connectivity index (χ3v) is 4.12. The molecule has 0 aliphatic carbocycles. The average molecular weight is 312 g/mol. The number of hydrogen-bond acceptors (Lipinski definition) is 2. The monoisotopic (exact) mass is 312 g/mol. The maximum Gasteiger partial charge on any atom is 0.131 e. The Kier molecular flexibility index (Phi) is 6.99. The Morgan fingerprint density at radius 2 is 1.52 bits per heavy atom. The second kappa shape index (κ2) is 9.24. The zero-order chi connectivity index (χ0) is 16.5. The topological polar surface area (TPSA) is 18.5 Å². The molecule has 0 aliphatic rings. The number of ether oxygens (including phenoxy) is 2. The van der Waals surface area contributed by atoms with Gasteiger partial charge in [-0.25, -0.2) is 0 Å². The molecule has 0 saturated heterocycles. The first-order chi connectivity index (χ1) is 11.2. The van der Waals surface area contributed by atoms with Crippen LogP contribution in [0.3, 0.4) is 0 Å².